The van der Waals surface area contributed by atoms with Gasteiger partial charge >= 0.3 is 6.85 Å². The van der Waals surface area contributed by atoms with Crippen LogP contribution in [0.15, 0.2) is 138 Å². The van der Waals surface area contributed by atoms with Crippen LogP contribution < -0.4 is 15.7 Å². The zero-order chi connectivity index (χ0) is 46.7. The molecule has 3 aliphatic rings. The first kappa shape index (κ1) is 40.5. The fraction of sp³-hybridized carbons (Fsp3) is 0.238. The monoisotopic (exact) mass is 898 g/mol. The number of benzene rings is 8. The summed E-state index contributed by atoms with van der Waals surface area (Å²) in [5.41, 5.74) is 22.4. The van der Waals surface area contributed by atoms with Crippen LogP contribution >= 0.6 is 11.3 Å². The number of thiophene rings is 1. The van der Waals surface area contributed by atoms with Crippen LogP contribution in [0, 0.1) is 0 Å². The minimum atomic E-state index is -0.207. The zero-order valence-corrected chi connectivity index (χ0v) is 41.8. The number of rotatable bonds is 1. The number of fused-ring (bicyclic) bond motifs is 19. The van der Waals surface area contributed by atoms with Gasteiger partial charge in [0.1, 0.15) is 11.2 Å². The van der Waals surface area contributed by atoms with E-state index in [1.165, 1.54) is 125 Å². The van der Waals surface area contributed by atoms with Gasteiger partial charge < -0.3 is 13.8 Å². The van der Waals surface area contributed by atoms with Gasteiger partial charge in [0.05, 0.1) is 11.0 Å². The van der Waals surface area contributed by atoms with Crippen LogP contribution in [0.2, 0.25) is 0 Å². The van der Waals surface area contributed by atoms with E-state index in [9.17, 15) is 0 Å². The summed E-state index contributed by atoms with van der Waals surface area (Å²) in [6.45, 7) is 25.7. The van der Waals surface area contributed by atoms with E-state index in [0.29, 0.717) is 0 Å². The summed E-state index contributed by atoms with van der Waals surface area (Å²) in [7, 11) is 0. The predicted molar refractivity (Wildman–Crippen MR) is 294 cm³/mol. The van der Waals surface area contributed by atoms with Crippen molar-refractivity contribution in [1.82, 2.24) is 4.57 Å². The van der Waals surface area contributed by atoms with Crippen LogP contribution in [-0.4, -0.2) is 11.4 Å². The van der Waals surface area contributed by atoms with Gasteiger partial charge in [-0.1, -0.05) is 149 Å². The first-order chi connectivity index (χ1) is 32.4. The molecule has 8 aromatic carbocycles. The van der Waals surface area contributed by atoms with Crippen molar-refractivity contribution in [3.8, 4) is 27.9 Å². The topological polar surface area (TPSA) is 21.3 Å². The summed E-state index contributed by atoms with van der Waals surface area (Å²) >= 11 is 1.91. The highest BCUT2D eigenvalue weighted by Crippen LogP contribution is 2.57. The Morgan fingerprint density at radius 3 is 1.94 bits per heavy atom. The van der Waals surface area contributed by atoms with Crippen LogP contribution in [0.1, 0.15) is 104 Å². The largest absolute Gasteiger partial charge is 0.455 e. The molecular weight excluding hydrogens is 844 g/mol. The number of nitrogens with zero attached hydrogens (tertiary/aromatic N) is 2. The fourth-order valence-corrected chi connectivity index (χ4v) is 13.7. The van der Waals surface area contributed by atoms with E-state index in [4.69, 9.17) is 4.42 Å². The Balaban J connectivity index is 1.22. The molecule has 11 aromatic rings. The van der Waals surface area contributed by atoms with Gasteiger partial charge in [0.25, 0.3) is 0 Å². The van der Waals surface area contributed by atoms with Crippen molar-refractivity contribution in [3.63, 3.8) is 0 Å². The van der Waals surface area contributed by atoms with Gasteiger partial charge in [-0.15, -0.1) is 11.3 Å². The molecule has 3 aromatic heterocycles. The van der Waals surface area contributed by atoms with E-state index < -0.39 is 0 Å². The Morgan fingerprint density at radius 2 is 1.19 bits per heavy atom. The normalized spacial score (nSPS) is 15.0. The molecule has 0 amide bonds. The molecule has 5 heterocycles. The lowest BCUT2D eigenvalue weighted by molar-refractivity contribution is 0.589. The molecule has 0 unspecified atom stereocenters. The van der Waals surface area contributed by atoms with Gasteiger partial charge in [-0.05, 0) is 127 Å². The summed E-state index contributed by atoms with van der Waals surface area (Å²) in [4.78, 5) is 2.72. The molecule has 0 bridgehead atoms. The average Bonchev–Trinajstić information content (AvgIpc) is 4.03. The van der Waals surface area contributed by atoms with E-state index in [-0.39, 0.29) is 28.5 Å². The number of hydrogen-bond donors (Lipinski definition) is 0. The minimum Gasteiger partial charge on any atom is -0.455 e. The number of anilines is 2. The van der Waals surface area contributed by atoms with Crippen molar-refractivity contribution in [2.24, 2.45) is 0 Å². The lowest BCUT2D eigenvalue weighted by atomic mass is 9.43. The third kappa shape index (κ3) is 5.21. The number of furan rings is 1. The molecule has 0 saturated heterocycles. The lowest BCUT2D eigenvalue weighted by Crippen LogP contribution is -2.60. The van der Waals surface area contributed by atoms with E-state index >= 15 is 0 Å². The Kier molecular flexibility index (Phi) is 7.71. The van der Waals surface area contributed by atoms with E-state index in [1.54, 1.807) is 0 Å². The molecule has 1 aliphatic carbocycles. The molecule has 332 valence electrons. The third-order valence-corrected chi connectivity index (χ3v) is 17.4. The lowest BCUT2D eigenvalue weighted by Gasteiger charge is -2.42. The first-order valence-electron chi connectivity index (χ1n) is 24.5. The number of hydrogen-bond acceptors (Lipinski definition) is 3. The second-order valence-electron chi connectivity index (χ2n) is 23.8. The van der Waals surface area contributed by atoms with Crippen LogP contribution in [0.5, 0.6) is 0 Å². The molecule has 0 N–H and O–H groups in total. The predicted octanol–water partition coefficient (Wildman–Crippen LogP) is 16.5. The molecule has 5 heteroatoms. The maximum absolute atomic E-state index is 7.40. The molecule has 0 atom stereocenters. The second-order valence-corrected chi connectivity index (χ2v) is 24.8. The highest BCUT2D eigenvalue weighted by molar-refractivity contribution is 7.26. The third-order valence-electron chi connectivity index (χ3n) is 16.2. The SMILES string of the molecule is CC(C)(C)c1ccc(N2B3c4cc5sc6ccccc6c5cc4-n4c5ccc(C(C)(C)C)cc5c5c6c(oc7ccccc76)c(c3c54)-c3cc4c(cc32)C(C)(C)c2ccc(C(C)(C)C)cc2-4)cc1. The Hall–Kier alpha value is -6.56. The molecule has 14 rings (SSSR count). The number of aromatic nitrogens is 1. The van der Waals surface area contributed by atoms with Crippen LogP contribution in [0.4, 0.5) is 11.4 Å². The summed E-state index contributed by atoms with van der Waals surface area (Å²) in [5, 5.41) is 7.56. The summed E-state index contributed by atoms with van der Waals surface area (Å²) in [6.07, 6.45) is 0. The Bertz CT molecular complexity index is 4060. The van der Waals surface area contributed by atoms with Crippen LogP contribution in [-0.2, 0) is 21.7 Å². The van der Waals surface area contributed by atoms with E-state index in [1.807, 2.05) is 11.3 Å². The smallest absolute Gasteiger partial charge is 0.333 e. The molecule has 0 fully saturated rings. The Morgan fingerprint density at radius 1 is 0.529 bits per heavy atom. The first-order valence-corrected chi connectivity index (χ1v) is 25.3. The Labute approximate surface area is 403 Å². The molecule has 68 heavy (non-hydrogen) atoms. The molecule has 0 spiro atoms. The van der Waals surface area contributed by atoms with Crippen LogP contribution in [0.3, 0.4) is 0 Å². The van der Waals surface area contributed by atoms with Crippen LogP contribution in [0.25, 0.3) is 91.9 Å². The highest BCUT2D eigenvalue weighted by atomic mass is 32.1. The van der Waals surface area contributed by atoms with E-state index in [0.717, 1.165) is 16.6 Å². The van der Waals surface area contributed by atoms with Gasteiger partial charge in [0.15, 0.2) is 0 Å². The average molecular weight is 899 g/mol. The van der Waals surface area contributed by atoms with Gasteiger partial charge in [-0.2, -0.15) is 0 Å². The highest BCUT2D eigenvalue weighted by Gasteiger charge is 2.48. The molecule has 2 aliphatic heterocycles. The van der Waals surface area contributed by atoms with Crippen molar-refractivity contribution < 1.29 is 4.42 Å². The second kappa shape index (κ2) is 12.9. The van der Waals surface area contributed by atoms with E-state index in [2.05, 4.69) is 219 Å². The maximum atomic E-state index is 7.40. The molecule has 3 nitrogen and oxygen atoms in total. The van der Waals surface area contributed by atoms with Gasteiger partial charge in [-0.3, -0.25) is 0 Å². The molecule has 0 saturated carbocycles. The maximum Gasteiger partial charge on any atom is 0.333 e. The molecule has 0 radical (unpaired) electrons. The van der Waals surface area contributed by atoms with Crippen molar-refractivity contribution in [3.05, 3.63) is 161 Å². The van der Waals surface area contributed by atoms with Crippen molar-refractivity contribution >= 4 is 104 Å². The van der Waals surface area contributed by atoms with Gasteiger partial charge in [0.2, 0.25) is 0 Å². The summed E-state index contributed by atoms with van der Waals surface area (Å²) in [5.74, 6) is 0. The van der Waals surface area contributed by atoms with Crippen molar-refractivity contribution in [2.75, 3.05) is 4.81 Å². The van der Waals surface area contributed by atoms with Crippen molar-refractivity contribution in [2.45, 2.75) is 97.8 Å². The minimum absolute atomic E-state index is 0.0164. The van der Waals surface area contributed by atoms with Gasteiger partial charge in [-0.25, -0.2) is 0 Å². The fourth-order valence-electron chi connectivity index (χ4n) is 12.6. The standard InChI is InChI=1S/C63H55BN2OS/c1-60(2,3)34-20-24-37(25-21-34)66-49-32-46-41(40-28-35(61(4,5)6)22-26-45(40)63(46,10)11)30-44(49)56-57-58-54(55-39-17-12-14-18-51(39)67-59(55)56)43-29-36(62(7,8)9)23-27-48(43)65(58)50-31-42-38-16-13-15-19-52(38)68-53(42)33-47(50)64(57)66/h12-33H,1-11H3. The summed E-state index contributed by atoms with van der Waals surface area (Å²) < 4.78 is 12.7. The zero-order valence-electron chi connectivity index (χ0n) is 41.0. The number of para-hydroxylation sites is 1. The quantitative estimate of drug-likeness (QED) is 0.153. The van der Waals surface area contributed by atoms with Crippen molar-refractivity contribution in [1.29, 1.82) is 0 Å². The van der Waals surface area contributed by atoms with Gasteiger partial charge in [0, 0.05) is 75.3 Å². The molecular formula is C63H55BN2OS. The summed E-state index contributed by atoms with van der Waals surface area (Å²) in [6, 6.07) is 52.0.